The van der Waals surface area contributed by atoms with E-state index < -0.39 is 66.4 Å². The van der Waals surface area contributed by atoms with Gasteiger partial charge in [0.15, 0.2) is 23.3 Å². The number of nitrogens with one attached hydrogen (secondary N) is 2. The minimum atomic E-state index is -3.74. The number of nitrogens with zero attached hydrogens (tertiary/aromatic N) is 2. The first-order valence-corrected chi connectivity index (χ1v) is 29.0. The monoisotopic (exact) mass is 1150 g/mol. The number of carbonyl (C=O) groups is 3. The highest BCUT2D eigenvalue weighted by atomic mass is 35.5. The van der Waals surface area contributed by atoms with Gasteiger partial charge < -0.3 is 29.6 Å². The Morgan fingerprint density at radius 2 is 0.810 bits per heavy atom. The second-order valence-electron chi connectivity index (χ2n) is 17.3. The number of ether oxygens (including phenoxy) is 4. The minimum Gasteiger partial charge on any atom is -0.465 e. The molecule has 0 saturated carbocycles. The quantitative estimate of drug-likeness (QED) is 0.0214. The van der Waals surface area contributed by atoms with Crippen LogP contribution in [0.5, 0.6) is 0 Å². The van der Waals surface area contributed by atoms with Crippen molar-refractivity contribution in [3.8, 4) is 0 Å². The first-order chi connectivity index (χ1) is 38.4. The van der Waals surface area contributed by atoms with Crippen LogP contribution in [0.25, 0.3) is 0 Å². The van der Waals surface area contributed by atoms with Gasteiger partial charge in [-0.15, -0.1) is 0 Å². The molecule has 0 aliphatic heterocycles. The molecule has 0 radical (unpaired) electrons. The van der Waals surface area contributed by atoms with E-state index in [1.165, 1.54) is 13.2 Å². The largest absolute Gasteiger partial charge is 0.465 e. The first kappa shape index (κ1) is 58.0. The molecule has 8 aromatic carbocycles. The Balaban J connectivity index is 0.818. The maximum atomic E-state index is 16.2. The number of benzene rings is 8. The third-order valence-corrected chi connectivity index (χ3v) is 20.3. The zero-order chi connectivity index (χ0) is 55.8. The lowest BCUT2D eigenvalue weighted by Crippen LogP contribution is -2.30. The average molecular weight is 1150 g/mol. The molecule has 406 valence electrons. The molecule has 0 aliphatic rings. The standard InChI is InChI=1S/C60H52Cl2F4N4O7P2/c1-74-60(73)47-29-17-18-30-50(47)79(45-25-13-5-14-26-45,46-27-15-6-16-28-46)70-57-54(65)52(63)51(53(64)55(57)66)59(72)68-32-34-76-36-38-77-37-35-75-33-31-67-58(71)41-39-48(61)56(49(62)40-41)69-78(42-19-7-2-8-20-42,43-21-9-3-10-22-43)44-23-11-4-12-24-44/h2-30,39-40H,31-38H2,1H3,(H,67,71)(H,68,72). The van der Waals surface area contributed by atoms with Crippen molar-refractivity contribution < 1.29 is 50.9 Å². The number of amides is 2. The van der Waals surface area contributed by atoms with E-state index in [-0.39, 0.29) is 79.2 Å². The number of rotatable bonds is 23. The predicted octanol–water partition coefficient (Wildman–Crippen LogP) is 11.2. The molecule has 0 atom stereocenters. The van der Waals surface area contributed by atoms with Crippen LogP contribution in [0, 0.1) is 23.3 Å². The van der Waals surface area contributed by atoms with Gasteiger partial charge >= 0.3 is 5.97 Å². The van der Waals surface area contributed by atoms with Crippen molar-refractivity contribution in [1.82, 2.24) is 10.6 Å². The SMILES string of the molecule is COC(=O)c1ccccc1P(=Nc1c(F)c(F)c(C(=O)NCCOCCOCCOCCNC(=O)c2cc(Cl)c(N=P(c3ccccc3)(c3ccccc3)c3ccccc3)c(Cl)c2)c(F)c1F)(c1ccccc1)c1ccccc1. The smallest absolute Gasteiger partial charge is 0.338 e. The number of esters is 1. The normalized spacial score (nSPS) is 11.4. The van der Waals surface area contributed by atoms with E-state index in [4.69, 9.17) is 46.9 Å². The molecule has 0 bridgehead atoms. The van der Waals surface area contributed by atoms with Gasteiger partial charge in [0.1, 0.15) is 11.3 Å². The van der Waals surface area contributed by atoms with Crippen LogP contribution in [0.1, 0.15) is 31.1 Å². The van der Waals surface area contributed by atoms with Crippen LogP contribution in [-0.4, -0.2) is 77.6 Å². The van der Waals surface area contributed by atoms with Gasteiger partial charge in [0.2, 0.25) is 0 Å². The van der Waals surface area contributed by atoms with E-state index in [9.17, 15) is 14.4 Å². The van der Waals surface area contributed by atoms with Gasteiger partial charge in [-0.25, -0.2) is 27.1 Å². The van der Waals surface area contributed by atoms with Crippen LogP contribution in [0.15, 0.2) is 198 Å². The Kier molecular flexibility index (Phi) is 20.3. The fourth-order valence-electron chi connectivity index (χ4n) is 8.68. The van der Waals surface area contributed by atoms with E-state index in [1.54, 1.807) is 91.0 Å². The Labute approximate surface area is 464 Å². The summed E-state index contributed by atoms with van der Waals surface area (Å²) in [5, 5.41) is 9.48. The lowest BCUT2D eigenvalue weighted by atomic mass is 10.1. The molecule has 19 heteroatoms. The maximum Gasteiger partial charge on any atom is 0.338 e. The van der Waals surface area contributed by atoms with Crippen molar-refractivity contribution in [2.45, 2.75) is 0 Å². The molecule has 0 aliphatic carbocycles. The number of halogens is 6. The molecule has 2 amide bonds. The Morgan fingerprint density at radius 3 is 1.23 bits per heavy atom. The zero-order valence-electron chi connectivity index (χ0n) is 42.5. The summed E-state index contributed by atoms with van der Waals surface area (Å²) < 4.78 is 95.9. The molecule has 0 fully saturated rings. The van der Waals surface area contributed by atoms with Gasteiger partial charge in [-0.2, -0.15) is 0 Å². The summed E-state index contributed by atoms with van der Waals surface area (Å²) in [6.45, 7) is 0.466. The molecule has 0 spiro atoms. The molecule has 0 unspecified atom stereocenters. The molecule has 0 heterocycles. The molecule has 79 heavy (non-hydrogen) atoms. The second-order valence-corrected chi connectivity index (χ2v) is 24.1. The zero-order valence-corrected chi connectivity index (χ0v) is 45.8. The topological polar surface area (TPSA) is 137 Å². The number of hydrogen-bond donors (Lipinski definition) is 2. The van der Waals surface area contributed by atoms with E-state index >= 15 is 17.6 Å². The van der Waals surface area contributed by atoms with Gasteiger partial charge in [-0.3, -0.25) is 14.3 Å². The Hall–Kier alpha value is -7.19. The molecule has 2 N–H and O–H groups in total. The summed E-state index contributed by atoms with van der Waals surface area (Å²) in [6.07, 6.45) is 0. The molecule has 8 aromatic rings. The number of carbonyl (C=O) groups excluding carboxylic acids is 3. The average Bonchev–Trinajstić information content (AvgIpc) is 3.68. The van der Waals surface area contributed by atoms with Crippen LogP contribution < -0.4 is 42.5 Å². The molecule has 11 nitrogen and oxygen atoms in total. The van der Waals surface area contributed by atoms with Gasteiger partial charge in [-0.05, 0) is 18.2 Å². The fraction of sp³-hybridized carbons (Fsp3) is 0.150. The van der Waals surface area contributed by atoms with Crippen molar-refractivity contribution in [2.75, 3.05) is 59.8 Å². The highest BCUT2D eigenvalue weighted by Crippen LogP contribution is 2.53. The Bertz CT molecular complexity index is 3340. The van der Waals surface area contributed by atoms with Gasteiger partial charge in [0, 0.05) is 50.5 Å². The van der Waals surface area contributed by atoms with E-state index in [0.717, 1.165) is 15.9 Å². The van der Waals surface area contributed by atoms with Crippen molar-refractivity contribution in [1.29, 1.82) is 0 Å². The van der Waals surface area contributed by atoms with Crippen molar-refractivity contribution in [3.05, 3.63) is 238 Å². The predicted molar refractivity (Wildman–Crippen MR) is 306 cm³/mol. The summed E-state index contributed by atoms with van der Waals surface area (Å²) in [7, 11) is -5.27. The van der Waals surface area contributed by atoms with Crippen LogP contribution in [-0.2, 0) is 18.9 Å². The number of hydrogen-bond acceptors (Lipinski definition) is 9. The van der Waals surface area contributed by atoms with E-state index in [2.05, 4.69) is 51.8 Å². The molecular weight excluding hydrogens is 1100 g/mol. The fourth-order valence-corrected chi connectivity index (χ4v) is 16.6. The van der Waals surface area contributed by atoms with Crippen LogP contribution >= 0.6 is 37.3 Å². The van der Waals surface area contributed by atoms with Crippen molar-refractivity contribution >= 4 is 98.3 Å². The van der Waals surface area contributed by atoms with Crippen molar-refractivity contribution in [3.63, 3.8) is 0 Å². The maximum absolute atomic E-state index is 16.2. The summed E-state index contributed by atoms with van der Waals surface area (Å²) >= 11 is 13.8. The van der Waals surface area contributed by atoms with Gasteiger partial charge in [0.25, 0.3) is 11.8 Å². The summed E-state index contributed by atoms with van der Waals surface area (Å²) in [4.78, 5) is 39.4. The Morgan fingerprint density at radius 1 is 0.456 bits per heavy atom. The van der Waals surface area contributed by atoms with Crippen molar-refractivity contribution in [2.24, 2.45) is 9.49 Å². The minimum absolute atomic E-state index is 0.0201. The highest BCUT2D eigenvalue weighted by molar-refractivity contribution is 7.88. The summed E-state index contributed by atoms with van der Waals surface area (Å²) in [5.41, 5.74) is -2.15. The highest BCUT2D eigenvalue weighted by Gasteiger charge is 2.36. The lowest BCUT2D eigenvalue weighted by Gasteiger charge is -2.28. The van der Waals surface area contributed by atoms with Crippen LogP contribution in [0.2, 0.25) is 10.0 Å². The van der Waals surface area contributed by atoms with Crippen LogP contribution in [0.4, 0.5) is 28.9 Å². The molecular formula is C60H52Cl2F4N4O7P2. The third kappa shape index (κ3) is 13.1. The van der Waals surface area contributed by atoms with Crippen LogP contribution in [0.3, 0.4) is 0 Å². The first-order valence-electron chi connectivity index (χ1n) is 24.8. The number of methoxy groups -OCH3 is 1. The molecule has 0 aromatic heterocycles. The molecule has 0 saturated heterocycles. The second kappa shape index (κ2) is 27.6. The third-order valence-electron chi connectivity index (χ3n) is 12.4. The summed E-state index contributed by atoms with van der Waals surface area (Å²) in [5.74, 6) is -10.3. The molecule has 8 rings (SSSR count). The summed E-state index contributed by atoms with van der Waals surface area (Å²) in [6, 6.07) is 55.9. The van der Waals surface area contributed by atoms with Gasteiger partial charge in [-0.1, -0.05) is 193 Å². The van der Waals surface area contributed by atoms with Gasteiger partial charge in [0.05, 0.1) is 82.2 Å². The van der Waals surface area contributed by atoms with E-state index in [0.29, 0.717) is 16.3 Å². The lowest BCUT2D eigenvalue weighted by molar-refractivity contribution is 0.0157. The van der Waals surface area contributed by atoms with E-state index in [1.807, 2.05) is 54.6 Å².